The number of carbonyl (C=O) groups excluding carboxylic acids is 1. The molecule has 2 rings (SSSR count). The van der Waals surface area contributed by atoms with Crippen molar-refractivity contribution in [1.82, 2.24) is 5.32 Å². The van der Waals surface area contributed by atoms with Gasteiger partial charge in [-0.1, -0.05) is 25.5 Å². The van der Waals surface area contributed by atoms with Crippen LogP contribution in [-0.2, 0) is 6.54 Å². The molecule has 1 aliphatic rings. The van der Waals surface area contributed by atoms with Gasteiger partial charge >= 0.3 is 0 Å². The first-order valence-corrected chi connectivity index (χ1v) is 6.30. The fraction of sp³-hybridized carbons (Fsp3) is 0.500. The fourth-order valence-corrected chi connectivity index (χ4v) is 2.40. The third kappa shape index (κ3) is 2.86. The van der Waals surface area contributed by atoms with Crippen LogP contribution in [0.2, 0.25) is 0 Å². The molecule has 3 nitrogen and oxygen atoms in total. The summed E-state index contributed by atoms with van der Waals surface area (Å²) in [5, 5.41) is 3.11. The molecule has 0 radical (unpaired) electrons. The van der Waals surface area contributed by atoms with Crippen LogP contribution in [0.1, 0.15) is 42.1 Å². The molecule has 2 unspecified atom stereocenters. The minimum absolute atomic E-state index is 0.0346. The Balaban J connectivity index is 1.99. The maximum atomic E-state index is 12.0. The lowest BCUT2D eigenvalue weighted by molar-refractivity contribution is 0.0929. The lowest BCUT2D eigenvalue weighted by Crippen LogP contribution is -2.36. The molecule has 2 atom stereocenters. The first-order valence-electron chi connectivity index (χ1n) is 6.30. The van der Waals surface area contributed by atoms with E-state index in [-0.39, 0.29) is 5.91 Å². The summed E-state index contributed by atoms with van der Waals surface area (Å²) >= 11 is 0. The van der Waals surface area contributed by atoms with E-state index >= 15 is 0 Å². The summed E-state index contributed by atoms with van der Waals surface area (Å²) in [6, 6.07) is 7.85. The zero-order valence-electron chi connectivity index (χ0n) is 10.3. The van der Waals surface area contributed by atoms with Crippen molar-refractivity contribution in [2.45, 2.75) is 38.8 Å². The van der Waals surface area contributed by atoms with E-state index in [0.29, 0.717) is 18.5 Å². The van der Waals surface area contributed by atoms with E-state index in [0.717, 1.165) is 17.5 Å². The van der Waals surface area contributed by atoms with Crippen LogP contribution < -0.4 is 11.1 Å². The lowest BCUT2D eigenvalue weighted by Gasteiger charge is -2.17. The first kappa shape index (κ1) is 12.1. The Bertz CT molecular complexity index is 386. The van der Waals surface area contributed by atoms with Gasteiger partial charge in [0.05, 0.1) is 0 Å². The molecule has 1 aliphatic carbocycles. The zero-order chi connectivity index (χ0) is 12.3. The summed E-state index contributed by atoms with van der Waals surface area (Å²) in [6.45, 7) is 2.72. The Morgan fingerprint density at radius 1 is 1.35 bits per heavy atom. The molecule has 1 saturated carbocycles. The second-order valence-corrected chi connectivity index (χ2v) is 4.89. The molecular weight excluding hydrogens is 212 g/mol. The smallest absolute Gasteiger partial charge is 0.251 e. The lowest BCUT2D eigenvalue weighted by atomic mass is 10.1. The minimum Gasteiger partial charge on any atom is -0.349 e. The molecule has 0 bridgehead atoms. The van der Waals surface area contributed by atoms with Gasteiger partial charge in [-0.2, -0.15) is 0 Å². The molecule has 1 aromatic rings. The highest BCUT2D eigenvalue weighted by atomic mass is 16.1. The van der Waals surface area contributed by atoms with Crippen molar-refractivity contribution in [2.75, 3.05) is 0 Å². The molecule has 92 valence electrons. The van der Waals surface area contributed by atoms with E-state index in [1.807, 2.05) is 24.3 Å². The van der Waals surface area contributed by atoms with Gasteiger partial charge in [-0.15, -0.1) is 0 Å². The predicted octanol–water partition coefficient (Wildman–Crippen LogP) is 2.06. The van der Waals surface area contributed by atoms with E-state index in [2.05, 4.69) is 12.2 Å². The zero-order valence-corrected chi connectivity index (χ0v) is 10.3. The van der Waals surface area contributed by atoms with Crippen molar-refractivity contribution in [3.8, 4) is 0 Å². The molecule has 0 aliphatic heterocycles. The number of nitrogens with two attached hydrogens (primary N) is 1. The number of carbonyl (C=O) groups is 1. The first-order chi connectivity index (χ1) is 8.20. The third-order valence-electron chi connectivity index (χ3n) is 3.63. The molecule has 17 heavy (non-hydrogen) atoms. The van der Waals surface area contributed by atoms with Crippen LogP contribution in [0.3, 0.4) is 0 Å². The van der Waals surface area contributed by atoms with E-state index < -0.39 is 0 Å². The Labute approximate surface area is 102 Å². The third-order valence-corrected chi connectivity index (χ3v) is 3.63. The van der Waals surface area contributed by atoms with Gasteiger partial charge in [0, 0.05) is 18.2 Å². The van der Waals surface area contributed by atoms with Crippen molar-refractivity contribution < 1.29 is 4.79 Å². The molecule has 3 N–H and O–H groups in total. The van der Waals surface area contributed by atoms with Gasteiger partial charge in [0.15, 0.2) is 0 Å². The van der Waals surface area contributed by atoms with Gasteiger partial charge in [0.25, 0.3) is 5.91 Å². The maximum Gasteiger partial charge on any atom is 0.251 e. The number of nitrogens with one attached hydrogen (secondary N) is 1. The van der Waals surface area contributed by atoms with Gasteiger partial charge < -0.3 is 11.1 Å². The number of hydrogen-bond acceptors (Lipinski definition) is 2. The SMILES string of the molecule is CC1CCCC1NC(=O)c1ccc(CN)cc1. The number of hydrogen-bond donors (Lipinski definition) is 2. The Kier molecular flexibility index (Phi) is 3.79. The molecule has 1 fully saturated rings. The second kappa shape index (κ2) is 5.32. The van der Waals surface area contributed by atoms with E-state index in [1.165, 1.54) is 12.8 Å². The highest BCUT2D eigenvalue weighted by Gasteiger charge is 2.24. The average molecular weight is 232 g/mol. The summed E-state index contributed by atoms with van der Waals surface area (Å²) in [4.78, 5) is 12.0. The van der Waals surface area contributed by atoms with E-state index in [1.54, 1.807) is 0 Å². The molecule has 3 heteroatoms. The van der Waals surface area contributed by atoms with Gasteiger partial charge in [0.1, 0.15) is 0 Å². The number of benzene rings is 1. The van der Waals surface area contributed by atoms with Crippen LogP contribution in [-0.4, -0.2) is 11.9 Å². The molecule has 0 spiro atoms. The van der Waals surface area contributed by atoms with Crippen LogP contribution >= 0.6 is 0 Å². The molecular formula is C14H20N2O. The molecule has 0 heterocycles. The van der Waals surface area contributed by atoms with E-state index in [9.17, 15) is 4.79 Å². The number of amides is 1. The minimum atomic E-state index is 0.0346. The maximum absolute atomic E-state index is 12.0. The summed E-state index contributed by atoms with van der Waals surface area (Å²) in [5.74, 6) is 0.634. The molecule has 0 saturated heterocycles. The standard InChI is InChI=1S/C14H20N2O/c1-10-3-2-4-13(10)16-14(17)12-7-5-11(9-15)6-8-12/h5-8,10,13H,2-4,9,15H2,1H3,(H,16,17). The average Bonchev–Trinajstić information content (AvgIpc) is 2.75. The van der Waals surface area contributed by atoms with Gasteiger partial charge in [0.2, 0.25) is 0 Å². The Morgan fingerprint density at radius 3 is 2.59 bits per heavy atom. The summed E-state index contributed by atoms with van der Waals surface area (Å²) in [5.41, 5.74) is 7.30. The van der Waals surface area contributed by atoms with Crippen LogP contribution in [0.4, 0.5) is 0 Å². The quantitative estimate of drug-likeness (QED) is 0.838. The summed E-state index contributed by atoms with van der Waals surface area (Å²) in [6.07, 6.45) is 3.54. The topological polar surface area (TPSA) is 55.1 Å². The molecule has 1 amide bonds. The normalized spacial score (nSPS) is 23.6. The monoisotopic (exact) mass is 232 g/mol. The van der Waals surface area contributed by atoms with Gasteiger partial charge in [-0.05, 0) is 36.5 Å². The predicted molar refractivity (Wildman–Crippen MR) is 68.6 cm³/mol. The highest BCUT2D eigenvalue weighted by Crippen LogP contribution is 2.25. The van der Waals surface area contributed by atoms with Crippen molar-refractivity contribution in [3.05, 3.63) is 35.4 Å². The summed E-state index contributed by atoms with van der Waals surface area (Å²) in [7, 11) is 0. The van der Waals surface area contributed by atoms with Crippen molar-refractivity contribution in [1.29, 1.82) is 0 Å². The molecule has 1 aromatic carbocycles. The van der Waals surface area contributed by atoms with Crippen LogP contribution in [0.15, 0.2) is 24.3 Å². The highest BCUT2D eigenvalue weighted by molar-refractivity contribution is 5.94. The van der Waals surface area contributed by atoms with Crippen molar-refractivity contribution in [2.24, 2.45) is 11.7 Å². The van der Waals surface area contributed by atoms with Crippen LogP contribution in [0.5, 0.6) is 0 Å². The Hall–Kier alpha value is -1.35. The van der Waals surface area contributed by atoms with Gasteiger partial charge in [-0.25, -0.2) is 0 Å². The largest absolute Gasteiger partial charge is 0.349 e. The van der Waals surface area contributed by atoms with Crippen molar-refractivity contribution in [3.63, 3.8) is 0 Å². The second-order valence-electron chi connectivity index (χ2n) is 4.89. The fourth-order valence-electron chi connectivity index (χ4n) is 2.40. The Morgan fingerprint density at radius 2 is 2.06 bits per heavy atom. The molecule has 0 aromatic heterocycles. The number of rotatable bonds is 3. The van der Waals surface area contributed by atoms with Crippen molar-refractivity contribution >= 4 is 5.91 Å². The van der Waals surface area contributed by atoms with Crippen LogP contribution in [0.25, 0.3) is 0 Å². The van der Waals surface area contributed by atoms with E-state index in [4.69, 9.17) is 5.73 Å². The van der Waals surface area contributed by atoms with Gasteiger partial charge in [-0.3, -0.25) is 4.79 Å². The summed E-state index contributed by atoms with van der Waals surface area (Å²) < 4.78 is 0. The van der Waals surface area contributed by atoms with Crippen LogP contribution in [0, 0.1) is 5.92 Å².